The largest absolute Gasteiger partial charge is 0.314 e. The second-order valence-corrected chi connectivity index (χ2v) is 5.25. The molecule has 6 heteroatoms. The molecule has 2 nitrogen and oxygen atoms in total. The van der Waals surface area contributed by atoms with Gasteiger partial charge in [-0.3, -0.25) is 4.90 Å². The summed E-state index contributed by atoms with van der Waals surface area (Å²) in [6, 6.07) is 6.12. The van der Waals surface area contributed by atoms with E-state index in [-0.39, 0.29) is 30.9 Å². The fraction of sp³-hybridized carbons (Fsp3) is 0.429. The van der Waals surface area contributed by atoms with Crippen LogP contribution in [0.3, 0.4) is 0 Å². The van der Waals surface area contributed by atoms with E-state index in [1.165, 1.54) is 0 Å². The number of nitrogens with one attached hydrogen (secondary N) is 1. The van der Waals surface area contributed by atoms with Crippen molar-refractivity contribution in [3.8, 4) is 0 Å². The molecule has 0 unspecified atom stereocenters. The molecule has 1 aromatic carbocycles. The molecule has 1 aliphatic heterocycles. The third kappa shape index (κ3) is 4.80. The zero-order chi connectivity index (χ0) is 13.0. The van der Waals surface area contributed by atoms with Gasteiger partial charge in [0.25, 0.3) is 0 Å². The van der Waals surface area contributed by atoms with Gasteiger partial charge in [0.1, 0.15) is 0 Å². The number of nitrogens with zero attached hydrogens (tertiary/aromatic N) is 1. The molecule has 0 spiro atoms. The van der Waals surface area contributed by atoms with Crippen molar-refractivity contribution in [1.82, 2.24) is 10.2 Å². The Hall–Kier alpha value is 0.0400. The standard InChI is InChI=1S/C14H18Cl2N2.2ClH/c1-2-4-13(18-9-7-17-8-10-18)11-5-3-6-12(15)14(11)16;;/h2-3,5-6,13,17H,1,4,7-10H2;2*1H/t13-;;/m0../s1. The number of halogens is 4. The second-order valence-electron chi connectivity index (χ2n) is 4.47. The average Bonchev–Trinajstić information content (AvgIpc) is 2.41. The minimum atomic E-state index is 0. The molecule has 0 radical (unpaired) electrons. The van der Waals surface area contributed by atoms with Crippen LogP contribution in [-0.2, 0) is 0 Å². The molecule has 1 N–H and O–H groups in total. The van der Waals surface area contributed by atoms with Gasteiger partial charge in [-0.1, -0.05) is 41.4 Å². The quantitative estimate of drug-likeness (QED) is 0.805. The molecule has 0 bridgehead atoms. The normalized spacial score (nSPS) is 16.7. The van der Waals surface area contributed by atoms with E-state index in [0.717, 1.165) is 38.2 Å². The van der Waals surface area contributed by atoms with Gasteiger partial charge >= 0.3 is 0 Å². The Morgan fingerprint density at radius 3 is 2.50 bits per heavy atom. The summed E-state index contributed by atoms with van der Waals surface area (Å²) in [5.74, 6) is 0. The van der Waals surface area contributed by atoms with Crippen LogP contribution < -0.4 is 5.32 Å². The van der Waals surface area contributed by atoms with E-state index in [4.69, 9.17) is 23.2 Å². The minimum absolute atomic E-state index is 0. The van der Waals surface area contributed by atoms with E-state index in [1.54, 1.807) is 0 Å². The first-order chi connectivity index (χ1) is 8.74. The first kappa shape index (κ1) is 20.0. The molecule has 1 atom stereocenters. The highest BCUT2D eigenvalue weighted by atomic mass is 35.5. The molecule has 1 saturated heterocycles. The van der Waals surface area contributed by atoms with Gasteiger partial charge in [-0.2, -0.15) is 0 Å². The predicted octanol–water partition coefficient (Wildman–Crippen LogP) is 4.36. The molecule has 0 aromatic heterocycles. The Morgan fingerprint density at radius 1 is 1.25 bits per heavy atom. The molecule has 20 heavy (non-hydrogen) atoms. The highest BCUT2D eigenvalue weighted by Gasteiger charge is 2.23. The second kappa shape index (κ2) is 9.88. The summed E-state index contributed by atoms with van der Waals surface area (Å²) in [7, 11) is 0. The summed E-state index contributed by atoms with van der Waals surface area (Å²) in [6.45, 7) is 7.95. The lowest BCUT2D eigenvalue weighted by atomic mass is 10.0. The minimum Gasteiger partial charge on any atom is -0.314 e. The zero-order valence-electron chi connectivity index (χ0n) is 11.1. The first-order valence-electron chi connectivity index (χ1n) is 6.23. The molecule has 1 aliphatic rings. The maximum Gasteiger partial charge on any atom is 0.0640 e. The SMILES string of the molecule is C=CC[C@@H](c1cccc(Cl)c1Cl)N1CCNCC1.Cl.Cl. The molecule has 2 rings (SSSR count). The number of hydrogen-bond acceptors (Lipinski definition) is 2. The van der Waals surface area contributed by atoms with Crippen LogP contribution >= 0.6 is 48.0 Å². The van der Waals surface area contributed by atoms with Gasteiger partial charge in [0.15, 0.2) is 0 Å². The van der Waals surface area contributed by atoms with Crippen LogP contribution in [0.15, 0.2) is 30.9 Å². The van der Waals surface area contributed by atoms with Gasteiger partial charge in [-0.05, 0) is 18.1 Å². The lowest BCUT2D eigenvalue weighted by Gasteiger charge is -2.35. The zero-order valence-corrected chi connectivity index (χ0v) is 14.3. The monoisotopic (exact) mass is 356 g/mol. The molecule has 1 fully saturated rings. The number of piperazine rings is 1. The Kier molecular flexibility index (Phi) is 9.90. The topological polar surface area (TPSA) is 15.3 Å². The van der Waals surface area contributed by atoms with Crippen LogP contribution in [0.2, 0.25) is 10.0 Å². The van der Waals surface area contributed by atoms with Crippen LogP contribution in [0.4, 0.5) is 0 Å². The third-order valence-corrected chi connectivity index (χ3v) is 4.16. The average molecular weight is 358 g/mol. The molecule has 114 valence electrons. The van der Waals surface area contributed by atoms with E-state index in [2.05, 4.69) is 22.9 Å². The van der Waals surface area contributed by atoms with Crippen molar-refractivity contribution in [3.05, 3.63) is 46.5 Å². The fourth-order valence-electron chi connectivity index (χ4n) is 2.40. The molecule has 0 saturated carbocycles. The smallest absolute Gasteiger partial charge is 0.0640 e. The van der Waals surface area contributed by atoms with Gasteiger partial charge in [-0.25, -0.2) is 0 Å². The van der Waals surface area contributed by atoms with Crippen molar-refractivity contribution < 1.29 is 0 Å². The third-order valence-electron chi connectivity index (χ3n) is 3.32. The highest BCUT2D eigenvalue weighted by molar-refractivity contribution is 6.42. The summed E-state index contributed by atoms with van der Waals surface area (Å²) in [4.78, 5) is 2.44. The van der Waals surface area contributed by atoms with Crippen molar-refractivity contribution in [2.75, 3.05) is 26.2 Å². The molecule has 1 aromatic rings. The Bertz CT molecular complexity index is 420. The van der Waals surface area contributed by atoms with Gasteiger partial charge in [-0.15, -0.1) is 31.4 Å². The number of hydrogen-bond donors (Lipinski definition) is 1. The van der Waals surface area contributed by atoms with E-state index in [9.17, 15) is 0 Å². The Labute approximate surface area is 143 Å². The lowest BCUT2D eigenvalue weighted by molar-refractivity contribution is 0.174. The van der Waals surface area contributed by atoms with Crippen LogP contribution in [-0.4, -0.2) is 31.1 Å². The van der Waals surface area contributed by atoms with Gasteiger partial charge in [0.05, 0.1) is 10.0 Å². The number of rotatable bonds is 4. The molecular weight excluding hydrogens is 338 g/mol. The van der Waals surface area contributed by atoms with Crippen LogP contribution in [0.25, 0.3) is 0 Å². The summed E-state index contributed by atoms with van der Waals surface area (Å²) in [6.07, 6.45) is 2.84. The Balaban J connectivity index is 0.00000180. The summed E-state index contributed by atoms with van der Waals surface area (Å²) >= 11 is 12.4. The van der Waals surface area contributed by atoms with E-state index >= 15 is 0 Å². The van der Waals surface area contributed by atoms with E-state index in [1.807, 2.05) is 18.2 Å². The summed E-state index contributed by atoms with van der Waals surface area (Å²) in [5, 5.41) is 4.66. The molecule has 0 aliphatic carbocycles. The van der Waals surface area contributed by atoms with Crippen molar-refractivity contribution in [2.24, 2.45) is 0 Å². The van der Waals surface area contributed by atoms with Crippen LogP contribution in [0.5, 0.6) is 0 Å². The van der Waals surface area contributed by atoms with Crippen LogP contribution in [0, 0.1) is 0 Å². The predicted molar refractivity (Wildman–Crippen MR) is 93.0 cm³/mol. The fourth-order valence-corrected chi connectivity index (χ4v) is 2.84. The maximum atomic E-state index is 6.33. The molecule has 1 heterocycles. The summed E-state index contributed by atoms with van der Waals surface area (Å²) < 4.78 is 0. The highest BCUT2D eigenvalue weighted by Crippen LogP contribution is 2.34. The summed E-state index contributed by atoms with van der Waals surface area (Å²) in [5.41, 5.74) is 1.10. The van der Waals surface area contributed by atoms with E-state index in [0.29, 0.717) is 10.0 Å². The van der Waals surface area contributed by atoms with Crippen LogP contribution in [0.1, 0.15) is 18.0 Å². The van der Waals surface area contributed by atoms with Crippen molar-refractivity contribution >= 4 is 48.0 Å². The van der Waals surface area contributed by atoms with Crippen molar-refractivity contribution in [1.29, 1.82) is 0 Å². The van der Waals surface area contributed by atoms with Gasteiger partial charge in [0.2, 0.25) is 0 Å². The first-order valence-corrected chi connectivity index (χ1v) is 6.99. The van der Waals surface area contributed by atoms with E-state index < -0.39 is 0 Å². The van der Waals surface area contributed by atoms with Gasteiger partial charge < -0.3 is 5.32 Å². The molecular formula is C14H20Cl4N2. The van der Waals surface area contributed by atoms with Crippen molar-refractivity contribution in [3.63, 3.8) is 0 Å². The number of benzene rings is 1. The Morgan fingerprint density at radius 2 is 1.90 bits per heavy atom. The maximum absolute atomic E-state index is 6.33. The van der Waals surface area contributed by atoms with Gasteiger partial charge in [0, 0.05) is 32.2 Å². The van der Waals surface area contributed by atoms with Crippen molar-refractivity contribution in [2.45, 2.75) is 12.5 Å². The molecule has 0 amide bonds. The lowest BCUT2D eigenvalue weighted by Crippen LogP contribution is -2.45.